The summed E-state index contributed by atoms with van der Waals surface area (Å²) in [7, 11) is 0. The van der Waals surface area contributed by atoms with Crippen LogP contribution in [0.5, 0.6) is 0 Å². The van der Waals surface area contributed by atoms with Crippen LogP contribution < -0.4 is 0 Å². The zero-order valence-electron chi connectivity index (χ0n) is 16.2. The van der Waals surface area contributed by atoms with Crippen molar-refractivity contribution in [2.75, 3.05) is 6.54 Å². The SMILES string of the molecule is O=C(c1ccc(-c2ccc(Cl)cc2)s1)N1CCC[C@@H]1c1nnc2n1CCCCC2. The minimum Gasteiger partial charge on any atom is -0.328 e. The smallest absolute Gasteiger partial charge is 0.264 e. The van der Waals surface area contributed by atoms with Crippen LogP contribution in [0.1, 0.15) is 59.5 Å². The molecule has 0 bridgehead atoms. The number of thiophene rings is 1. The standard InChI is InChI=1S/C22H23ClN4OS/c23-16-9-7-15(8-10-16)18-11-12-19(29-18)22(28)26-14-4-5-17(26)21-25-24-20-6-2-1-3-13-27(20)21/h7-12,17H,1-6,13-14H2/t17-/m1/s1. The predicted octanol–water partition coefficient (Wildman–Crippen LogP) is 5.36. The van der Waals surface area contributed by atoms with Crippen molar-refractivity contribution < 1.29 is 4.79 Å². The van der Waals surface area contributed by atoms with Crippen molar-refractivity contribution in [3.05, 3.63) is 57.9 Å². The highest BCUT2D eigenvalue weighted by atomic mass is 35.5. The van der Waals surface area contributed by atoms with Crippen LogP contribution >= 0.6 is 22.9 Å². The first kappa shape index (κ1) is 18.8. The van der Waals surface area contributed by atoms with E-state index in [4.69, 9.17) is 11.6 Å². The zero-order valence-corrected chi connectivity index (χ0v) is 17.8. The maximum Gasteiger partial charge on any atom is 0.264 e. The molecular formula is C22H23ClN4OS. The number of aryl methyl sites for hydroxylation is 1. The first-order valence-corrected chi connectivity index (χ1v) is 11.5. The molecule has 3 aromatic rings. The number of fused-ring (bicyclic) bond motifs is 1. The van der Waals surface area contributed by atoms with Gasteiger partial charge in [0.15, 0.2) is 5.82 Å². The number of halogens is 1. The van der Waals surface area contributed by atoms with E-state index in [2.05, 4.69) is 14.8 Å². The highest BCUT2D eigenvalue weighted by Crippen LogP contribution is 2.36. The van der Waals surface area contributed by atoms with E-state index < -0.39 is 0 Å². The second-order valence-electron chi connectivity index (χ2n) is 7.76. The molecule has 2 aliphatic rings. The Bertz CT molecular complexity index is 1030. The van der Waals surface area contributed by atoms with Crippen LogP contribution in [0.3, 0.4) is 0 Å². The maximum atomic E-state index is 13.3. The lowest BCUT2D eigenvalue weighted by Gasteiger charge is -2.24. The van der Waals surface area contributed by atoms with Crippen molar-refractivity contribution in [2.24, 2.45) is 0 Å². The molecule has 1 atom stereocenters. The van der Waals surface area contributed by atoms with Gasteiger partial charge in [-0.05, 0) is 55.5 Å². The Morgan fingerprint density at radius 1 is 1.00 bits per heavy atom. The lowest BCUT2D eigenvalue weighted by Crippen LogP contribution is -2.31. The number of hydrogen-bond donors (Lipinski definition) is 0. The summed E-state index contributed by atoms with van der Waals surface area (Å²) in [6.07, 6.45) is 6.53. The molecule has 150 valence electrons. The predicted molar refractivity (Wildman–Crippen MR) is 115 cm³/mol. The first-order chi connectivity index (χ1) is 14.2. The van der Waals surface area contributed by atoms with Gasteiger partial charge in [0.2, 0.25) is 0 Å². The third-order valence-electron chi connectivity index (χ3n) is 5.90. The molecule has 0 aliphatic carbocycles. The molecule has 5 rings (SSSR count). The molecule has 0 saturated carbocycles. The molecule has 2 aromatic heterocycles. The van der Waals surface area contributed by atoms with Crippen LogP contribution in [0.4, 0.5) is 0 Å². The van der Waals surface area contributed by atoms with Crippen LogP contribution in [0, 0.1) is 0 Å². The van der Waals surface area contributed by atoms with E-state index in [1.165, 1.54) is 12.8 Å². The minimum absolute atomic E-state index is 0.0305. The second kappa shape index (κ2) is 7.92. The quantitative estimate of drug-likeness (QED) is 0.566. The molecule has 2 aliphatic heterocycles. The van der Waals surface area contributed by atoms with Gasteiger partial charge in [0.1, 0.15) is 5.82 Å². The number of carbonyl (C=O) groups is 1. The number of benzene rings is 1. The Kier molecular flexibility index (Phi) is 5.14. The highest BCUT2D eigenvalue weighted by molar-refractivity contribution is 7.17. The van der Waals surface area contributed by atoms with E-state index in [9.17, 15) is 4.79 Å². The number of aromatic nitrogens is 3. The van der Waals surface area contributed by atoms with E-state index in [0.717, 1.165) is 65.7 Å². The fraction of sp³-hybridized carbons (Fsp3) is 0.409. The lowest BCUT2D eigenvalue weighted by molar-refractivity contribution is 0.0732. The Morgan fingerprint density at radius 2 is 1.86 bits per heavy atom. The first-order valence-electron chi connectivity index (χ1n) is 10.3. The number of nitrogens with zero attached hydrogens (tertiary/aromatic N) is 4. The van der Waals surface area contributed by atoms with Gasteiger partial charge in [-0.25, -0.2) is 0 Å². The Hall–Kier alpha value is -2.18. The van der Waals surface area contributed by atoms with Crippen LogP contribution in [0.15, 0.2) is 36.4 Å². The van der Waals surface area contributed by atoms with Gasteiger partial charge >= 0.3 is 0 Å². The fourth-order valence-electron chi connectivity index (χ4n) is 4.40. The Balaban J connectivity index is 1.40. The van der Waals surface area contributed by atoms with Gasteiger partial charge in [-0.2, -0.15) is 0 Å². The second-order valence-corrected chi connectivity index (χ2v) is 9.28. The van der Waals surface area contributed by atoms with Gasteiger partial charge in [-0.3, -0.25) is 4.79 Å². The summed E-state index contributed by atoms with van der Waals surface area (Å²) in [6, 6.07) is 11.7. The van der Waals surface area contributed by atoms with Gasteiger partial charge in [0.25, 0.3) is 5.91 Å². The molecule has 5 nitrogen and oxygen atoms in total. The molecule has 29 heavy (non-hydrogen) atoms. The van der Waals surface area contributed by atoms with Crippen LogP contribution in [-0.4, -0.2) is 32.1 Å². The summed E-state index contributed by atoms with van der Waals surface area (Å²) in [4.78, 5) is 17.2. The molecular weight excluding hydrogens is 404 g/mol. The average molecular weight is 427 g/mol. The number of likely N-dealkylation sites (tertiary alicyclic amines) is 1. The molecule has 1 saturated heterocycles. The maximum absolute atomic E-state index is 13.3. The molecule has 0 N–H and O–H groups in total. The van der Waals surface area contributed by atoms with Crippen LogP contribution in [0.25, 0.3) is 10.4 Å². The Labute approximate surface area is 179 Å². The van der Waals surface area contributed by atoms with Gasteiger partial charge in [0.05, 0.1) is 10.9 Å². The minimum atomic E-state index is 0.0305. The van der Waals surface area contributed by atoms with E-state index in [1.807, 2.05) is 41.3 Å². The third kappa shape index (κ3) is 3.60. The zero-order chi connectivity index (χ0) is 19.8. The fourth-order valence-corrected chi connectivity index (χ4v) is 5.49. The van der Waals surface area contributed by atoms with Crippen LogP contribution in [-0.2, 0) is 13.0 Å². The average Bonchev–Trinajstić information content (AvgIpc) is 3.45. The molecule has 0 unspecified atom stereocenters. The summed E-state index contributed by atoms with van der Waals surface area (Å²) >= 11 is 7.54. The van der Waals surface area contributed by atoms with E-state index in [0.29, 0.717) is 5.02 Å². The lowest BCUT2D eigenvalue weighted by atomic mass is 10.2. The Morgan fingerprint density at radius 3 is 2.72 bits per heavy atom. The van der Waals surface area contributed by atoms with Crippen molar-refractivity contribution in [3.8, 4) is 10.4 Å². The largest absolute Gasteiger partial charge is 0.328 e. The molecule has 1 amide bonds. The summed E-state index contributed by atoms with van der Waals surface area (Å²) in [6.45, 7) is 1.75. The van der Waals surface area contributed by atoms with Crippen molar-refractivity contribution in [1.29, 1.82) is 0 Å². The van der Waals surface area contributed by atoms with Crippen molar-refractivity contribution >= 4 is 28.8 Å². The van der Waals surface area contributed by atoms with E-state index in [1.54, 1.807) is 11.3 Å². The molecule has 0 radical (unpaired) electrons. The topological polar surface area (TPSA) is 51.0 Å². The molecule has 7 heteroatoms. The number of carbonyl (C=O) groups excluding carboxylic acids is 1. The van der Waals surface area contributed by atoms with E-state index in [-0.39, 0.29) is 11.9 Å². The van der Waals surface area contributed by atoms with Crippen molar-refractivity contribution in [1.82, 2.24) is 19.7 Å². The summed E-state index contributed by atoms with van der Waals surface area (Å²) in [5.74, 6) is 2.16. The van der Waals surface area contributed by atoms with Crippen molar-refractivity contribution in [3.63, 3.8) is 0 Å². The third-order valence-corrected chi connectivity index (χ3v) is 7.27. The monoisotopic (exact) mass is 426 g/mol. The number of rotatable bonds is 3. The number of amides is 1. The number of hydrogen-bond acceptors (Lipinski definition) is 4. The van der Waals surface area contributed by atoms with E-state index >= 15 is 0 Å². The summed E-state index contributed by atoms with van der Waals surface area (Å²) < 4.78 is 2.27. The normalized spacial score (nSPS) is 19.2. The van der Waals surface area contributed by atoms with Gasteiger partial charge in [-0.15, -0.1) is 21.5 Å². The highest BCUT2D eigenvalue weighted by Gasteiger charge is 2.35. The van der Waals surface area contributed by atoms with Crippen molar-refractivity contribution in [2.45, 2.75) is 51.1 Å². The molecule has 1 fully saturated rings. The van der Waals surface area contributed by atoms with Crippen LogP contribution in [0.2, 0.25) is 5.02 Å². The molecule has 1 aromatic carbocycles. The summed E-state index contributed by atoms with van der Waals surface area (Å²) in [5, 5.41) is 9.68. The van der Waals surface area contributed by atoms with Gasteiger partial charge in [-0.1, -0.05) is 30.2 Å². The summed E-state index contributed by atoms with van der Waals surface area (Å²) in [5.41, 5.74) is 1.08. The molecule has 0 spiro atoms. The van der Waals surface area contributed by atoms with Gasteiger partial charge in [0, 0.05) is 29.4 Å². The molecule has 4 heterocycles. The van der Waals surface area contributed by atoms with Gasteiger partial charge < -0.3 is 9.47 Å².